The molecule has 17 heavy (non-hydrogen) atoms. The number of halogens is 1. The number of nitrogens with two attached hydrogens (primary N) is 1. The molecule has 2 heterocycles. The Morgan fingerprint density at radius 3 is 2.76 bits per heavy atom. The van der Waals surface area contributed by atoms with E-state index in [0.717, 1.165) is 13.0 Å². The summed E-state index contributed by atoms with van der Waals surface area (Å²) < 4.78 is 5.55. The van der Waals surface area contributed by atoms with Crippen molar-refractivity contribution in [2.75, 3.05) is 24.3 Å². The van der Waals surface area contributed by atoms with E-state index in [0.29, 0.717) is 17.2 Å². The van der Waals surface area contributed by atoms with Crippen LogP contribution in [0.3, 0.4) is 0 Å². The number of nitrogen functional groups attached to an aromatic ring is 1. The standard InChI is InChI=1S/C11H17ClN4O/c1-6-9(13)10(15-11(12)14-6)16(3)8-4-5-17-7(8)2/h7-8H,4-5,13H2,1-3H3. The fraction of sp³-hybridized carbons (Fsp3) is 0.636. The first-order valence-electron chi connectivity index (χ1n) is 5.64. The van der Waals surface area contributed by atoms with Gasteiger partial charge in [-0.15, -0.1) is 0 Å². The average molecular weight is 257 g/mol. The second-order valence-corrected chi connectivity index (χ2v) is 4.70. The van der Waals surface area contributed by atoms with Crippen molar-refractivity contribution in [2.45, 2.75) is 32.4 Å². The molecule has 2 unspecified atom stereocenters. The van der Waals surface area contributed by atoms with Gasteiger partial charge in [0.15, 0.2) is 5.82 Å². The van der Waals surface area contributed by atoms with Gasteiger partial charge < -0.3 is 15.4 Å². The number of aryl methyl sites for hydroxylation is 1. The normalized spacial score (nSPS) is 24.0. The van der Waals surface area contributed by atoms with E-state index in [1.807, 2.05) is 18.9 Å². The van der Waals surface area contributed by atoms with Crippen molar-refractivity contribution in [1.29, 1.82) is 0 Å². The van der Waals surface area contributed by atoms with Crippen LogP contribution >= 0.6 is 11.6 Å². The third-order valence-corrected chi connectivity index (χ3v) is 3.43. The van der Waals surface area contributed by atoms with E-state index < -0.39 is 0 Å². The van der Waals surface area contributed by atoms with Gasteiger partial charge in [-0.1, -0.05) is 0 Å². The lowest BCUT2D eigenvalue weighted by Crippen LogP contribution is -2.37. The van der Waals surface area contributed by atoms with Crippen LogP contribution in [0.1, 0.15) is 19.0 Å². The van der Waals surface area contributed by atoms with Gasteiger partial charge in [0, 0.05) is 13.7 Å². The third-order valence-electron chi connectivity index (χ3n) is 3.26. The minimum atomic E-state index is 0.174. The zero-order chi connectivity index (χ0) is 12.6. The molecule has 0 aliphatic carbocycles. The van der Waals surface area contributed by atoms with Gasteiger partial charge in [0.1, 0.15) is 0 Å². The summed E-state index contributed by atoms with van der Waals surface area (Å²) in [5.74, 6) is 0.685. The van der Waals surface area contributed by atoms with Crippen LogP contribution in [0.25, 0.3) is 0 Å². The highest BCUT2D eigenvalue weighted by molar-refractivity contribution is 6.28. The van der Waals surface area contributed by atoms with Gasteiger partial charge in [0.2, 0.25) is 5.28 Å². The molecule has 2 atom stereocenters. The average Bonchev–Trinajstić information content (AvgIpc) is 2.69. The highest BCUT2D eigenvalue weighted by Gasteiger charge is 2.30. The number of hydrogen-bond donors (Lipinski definition) is 1. The van der Waals surface area contributed by atoms with Crippen molar-refractivity contribution in [3.05, 3.63) is 11.0 Å². The van der Waals surface area contributed by atoms with Crippen LogP contribution < -0.4 is 10.6 Å². The van der Waals surface area contributed by atoms with Crippen molar-refractivity contribution < 1.29 is 4.74 Å². The molecule has 6 heteroatoms. The van der Waals surface area contributed by atoms with Crippen LogP contribution in [-0.4, -0.2) is 35.8 Å². The van der Waals surface area contributed by atoms with E-state index in [-0.39, 0.29) is 17.4 Å². The lowest BCUT2D eigenvalue weighted by Gasteiger charge is -2.28. The van der Waals surface area contributed by atoms with E-state index in [2.05, 4.69) is 16.9 Å². The molecule has 5 nitrogen and oxygen atoms in total. The Balaban J connectivity index is 2.33. The van der Waals surface area contributed by atoms with Gasteiger partial charge in [0.05, 0.1) is 23.5 Å². The number of rotatable bonds is 2. The summed E-state index contributed by atoms with van der Waals surface area (Å²) >= 11 is 5.87. The maximum absolute atomic E-state index is 6.00. The number of ether oxygens (including phenoxy) is 1. The summed E-state index contributed by atoms with van der Waals surface area (Å²) in [6, 6.07) is 0.280. The minimum absolute atomic E-state index is 0.174. The second-order valence-electron chi connectivity index (χ2n) is 4.36. The first-order valence-corrected chi connectivity index (χ1v) is 6.02. The van der Waals surface area contributed by atoms with Crippen molar-refractivity contribution in [2.24, 2.45) is 0 Å². The molecule has 0 saturated carbocycles. The molecule has 0 aromatic carbocycles. The molecule has 0 radical (unpaired) electrons. The Hall–Kier alpha value is -1.07. The Labute approximate surface area is 106 Å². The van der Waals surface area contributed by atoms with E-state index in [1.165, 1.54) is 0 Å². The largest absolute Gasteiger partial charge is 0.394 e. The molecular formula is C11H17ClN4O. The molecule has 0 amide bonds. The van der Waals surface area contributed by atoms with Crippen molar-refractivity contribution in [1.82, 2.24) is 9.97 Å². The molecule has 1 aromatic rings. The molecule has 0 spiro atoms. The summed E-state index contributed by atoms with van der Waals surface area (Å²) in [4.78, 5) is 10.3. The lowest BCUT2D eigenvalue weighted by molar-refractivity contribution is 0.118. The van der Waals surface area contributed by atoms with Crippen molar-refractivity contribution >= 4 is 23.1 Å². The van der Waals surface area contributed by atoms with Gasteiger partial charge in [-0.05, 0) is 31.9 Å². The zero-order valence-corrected chi connectivity index (χ0v) is 11.0. The van der Waals surface area contributed by atoms with Crippen molar-refractivity contribution in [3.63, 3.8) is 0 Å². The number of likely N-dealkylation sites (N-methyl/N-ethyl adjacent to an activating group) is 1. The zero-order valence-electron chi connectivity index (χ0n) is 10.3. The van der Waals surface area contributed by atoms with E-state index in [1.54, 1.807) is 0 Å². The molecule has 1 aliphatic heterocycles. The van der Waals surface area contributed by atoms with Gasteiger partial charge in [-0.3, -0.25) is 0 Å². The molecule has 2 N–H and O–H groups in total. The maximum atomic E-state index is 6.00. The quantitative estimate of drug-likeness (QED) is 0.815. The minimum Gasteiger partial charge on any atom is -0.394 e. The maximum Gasteiger partial charge on any atom is 0.224 e. The topological polar surface area (TPSA) is 64.3 Å². The van der Waals surface area contributed by atoms with E-state index in [4.69, 9.17) is 22.1 Å². The van der Waals surface area contributed by atoms with Crippen molar-refractivity contribution in [3.8, 4) is 0 Å². The smallest absolute Gasteiger partial charge is 0.224 e. The van der Waals surface area contributed by atoms with Crippen LogP contribution in [0.4, 0.5) is 11.5 Å². The molecule has 1 aliphatic rings. The molecule has 1 saturated heterocycles. The predicted octanol–water partition coefficient (Wildman–Crippen LogP) is 1.63. The molecule has 94 valence electrons. The third kappa shape index (κ3) is 2.30. The highest BCUT2D eigenvalue weighted by Crippen LogP contribution is 2.29. The van der Waals surface area contributed by atoms with Crippen LogP contribution in [0, 0.1) is 6.92 Å². The number of nitrogens with zero attached hydrogens (tertiary/aromatic N) is 3. The molecule has 1 aromatic heterocycles. The van der Waals surface area contributed by atoms with Gasteiger partial charge >= 0.3 is 0 Å². The molecular weight excluding hydrogens is 240 g/mol. The number of anilines is 2. The summed E-state index contributed by atoms with van der Waals surface area (Å²) in [7, 11) is 1.96. The van der Waals surface area contributed by atoms with E-state index >= 15 is 0 Å². The van der Waals surface area contributed by atoms with Crippen LogP contribution in [0.15, 0.2) is 0 Å². The molecule has 2 rings (SSSR count). The van der Waals surface area contributed by atoms with Crippen LogP contribution in [0.2, 0.25) is 5.28 Å². The predicted molar refractivity (Wildman–Crippen MR) is 68.4 cm³/mol. The van der Waals surface area contributed by atoms with Crippen LogP contribution in [0.5, 0.6) is 0 Å². The van der Waals surface area contributed by atoms with E-state index in [9.17, 15) is 0 Å². The van der Waals surface area contributed by atoms with Gasteiger partial charge in [0.25, 0.3) is 0 Å². The van der Waals surface area contributed by atoms with Crippen LogP contribution in [-0.2, 0) is 4.74 Å². The second kappa shape index (κ2) is 4.66. The lowest BCUT2D eigenvalue weighted by atomic mass is 10.1. The Morgan fingerprint density at radius 1 is 1.47 bits per heavy atom. The Morgan fingerprint density at radius 2 is 2.18 bits per heavy atom. The first kappa shape index (κ1) is 12.4. The SMILES string of the molecule is Cc1nc(Cl)nc(N(C)C2CCOC2C)c1N. The summed E-state index contributed by atoms with van der Waals surface area (Å²) in [6.07, 6.45) is 1.14. The van der Waals surface area contributed by atoms with Gasteiger partial charge in [-0.25, -0.2) is 4.98 Å². The summed E-state index contributed by atoms with van der Waals surface area (Å²) in [6.45, 7) is 4.66. The van der Waals surface area contributed by atoms with Gasteiger partial charge in [-0.2, -0.15) is 4.98 Å². The fourth-order valence-electron chi connectivity index (χ4n) is 2.19. The first-order chi connectivity index (χ1) is 8.00. The summed E-state index contributed by atoms with van der Waals surface area (Å²) in [5, 5.41) is 0.227. The summed E-state index contributed by atoms with van der Waals surface area (Å²) in [5.41, 5.74) is 7.29. The Bertz CT molecular complexity index is 426. The molecule has 0 bridgehead atoms. The number of hydrogen-bond acceptors (Lipinski definition) is 5. The fourth-order valence-corrected chi connectivity index (χ4v) is 2.39. The monoisotopic (exact) mass is 256 g/mol. The molecule has 1 fully saturated rings. The Kier molecular flexibility index (Phi) is 3.40. The highest BCUT2D eigenvalue weighted by atomic mass is 35.5. The number of aromatic nitrogens is 2.